The van der Waals surface area contributed by atoms with Gasteiger partial charge in [-0.15, -0.1) is 0 Å². The molecule has 1 aliphatic rings. The van der Waals surface area contributed by atoms with Crippen molar-refractivity contribution < 1.29 is 8.42 Å². The van der Waals surface area contributed by atoms with E-state index in [1.54, 1.807) is 24.8 Å². The molecule has 1 saturated heterocycles. The zero-order valence-corrected chi connectivity index (χ0v) is 13.1. The SMILES string of the molecule is CS(=O)(=O)N1CCCC[C@H]1c1cncc(-c2cncnc2)n1. The molecule has 0 N–H and O–H groups in total. The molecule has 0 aromatic carbocycles. The number of aromatic nitrogens is 4. The minimum absolute atomic E-state index is 0.249. The highest BCUT2D eigenvalue weighted by atomic mass is 32.2. The van der Waals surface area contributed by atoms with Crippen molar-refractivity contribution in [1.29, 1.82) is 0 Å². The van der Waals surface area contributed by atoms with Crippen LogP contribution in [0.2, 0.25) is 0 Å². The average molecular weight is 319 g/mol. The van der Waals surface area contributed by atoms with Crippen LogP contribution < -0.4 is 0 Å². The summed E-state index contributed by atoms with van der Waals surface area (Å²) in [6.07, 6.45) is 11.9. The first-order valence-electron chi connectivity index (χ1n) is 7.10. The molecule has 0 aliphatic carbocycles. The van der Waals surface area contributed by atoms with E-state index in [1.165, 1.54) is 16.9 Å². The zero-order valence-electron chi connectivity index (χ0n) is 12.3. The molecule has 3 rings (SSSR count). The van der Waals surface area contributed by atoms with Crippen molar-refractivity contribution in [3.63, 3.8) is 0 Å². The lowest BCUT2D eigenvalue weighted by Crippen LogP contribution is -2.38. The number of rotatable bonds is 3. The van der Waals surface area contributed by atoms with Gasteiger partial charge in [0.1, 0.15) is 6.33 Å². The van der Waals surface area contributed by atoms with Crippen molar-refractivity contribution in [3.05, 3.63) is 36.8 Å². The van der Waals surface area contributed by atoms with E-state index >= 15 is 0 Å². The van der Waals surface area contributed by atoms with Crippen LogP contribution in [0.5, 0.6) is 0 Å². The third kappa shape index (κ3) is 3.12. The molecular formula is C14H17N5O2S. The van der Waals surface area contributed by atoms with E-state index in [1.807, 2.05) is 0 Å². The normalized spacial score (nSPS) is 20.0. The second kappa shape index (κ2) is 6.05. The maximum absolute atomic E-state index is 12.0. The van der Waals surface area contributed by atoms with Crippen molar-refractivity contribution in [1.82, 2.24) is 24.2 Å². The van der Waals surface area contributed by atoms with Gasteiger partial charge >= 0.3 is 0 Å². The second-order valence-electron chi connectivity index (χ2n) is 5.34. The van der Waals surface area contributed by atoms with E-state index in [4.69, 9.17) is 0 Å². The van der Waals surface area contributed by atoms with Crippen molar-refractivity contribution >= 4 is 10.0 Å². The number of piperidine rings is 1. The van der Waals surface area contributed by atoms with Gasteiger partial charge in [0.25, 0.3) is 0 Å². The minimum atomic E-state index is -3.26. The minimum Gasteiger partial charge on any atom is -0.260 e. The van der Waals surface area contributed by atoms with Crippen LogP contribution in [-0.4, -0.2) is 45.5 Å². The van der Waals surface area contributed by atoms with Crippen molar-refractivity contribution in [2.45, 2.75) is 25.3 Å². The molecule has 1 fully saturated rings. The number of hydrogen-bond acceptors (Lipinski definition) is 6. The third-order valence-corrected chi connectivity index (χ3v) is 5.02. The quantitative estimate of drug-likeness (QED) is 0.850. The summed E-state index contributed by atoms with van der Waals surface area (Å²) in [5, 5.41) is 0. The molecule has 1 atom stereocenters. The molecule has 0 amide bonds. The van der Waals surface area contributed by atoms with Gasteiger partial charge in [0.15, 0.2) is 0 Å². The molecule has 3 heterocycles. The summed E-state index contributed by atoms with van der Waals surface area (Å²) in [5.74, 6) is 0. The first-order valence-corrected chi connectivity index (χ1v) is 8.94. The monoisotopic (exact) mass is 319 g/mol. The molecule has 116 valence electrons. The number of sulfonamides is 1. The third-order valence-electron chi connectivity index (χ3n) is 3.73. The molecule has 2 aromatic heterocycles. The Bertz CT molecular complexity index is 751. The molecule has 0 bridgehead atoms. The maximum atomic E-state index is 12.0. The van der Waals surface area contributed by atoms with Gasteiger partial charge in [0.05, 0.1) is 36.1 Å². The second-order valence-corrected chi connectivity index (χ2v) is 7.28. The lowest BCUT2D eigenvalue weighted by Gasteiger charge is -2.33. The van der Waals surface area contributed by atoms with Gasteiger partial charge in [0.2, 0.25) is 10.0 Å². The summed E-state index contributed by atoms with van der Waals surface area (Å²) in [6.45, 7) is 0.532. The Kier molecular flexibility index (Phi) is 4.12. The first kappa shape index (κ1) is 15.0. The molecule has 22 heavy (non-hydrogen) atoms. The fourth-order valence-electron chi connectivity index (χ4n) is 2.71. The van der Waals surface area contributed by atoms with Crippen LogP contribution in [0, 0.1) is 0 Å². The van der Waals surface area contributed by atoms with Gasteiger partial charge in [0, 0.05) is 24.5 Å². The fourth-order valence-corrected chi connectivity index (χ4v) is 3.85. The maximum Gasteiger partial charge on any atom is 0.211 e. The van der Waals surface area contributed by atoms with Crippen LogP contribution in [0.3, 0.4) is 0 Å². The first-order chi connectivity index (χ1) is 10.6. The smallest absolute Gasteiger partial charge is 0.211 e. The number of hydrogen-bond donors (Lipinski definition) is 0. The van der Waals surface area contributed by atoms with Crippen molar-refractivity contribution in [2.75, 3.05) is 12.8 Å². The van der Waals surface area contributed by atoms with Crippen LogP contribution in [0.15, 0.2) is 31.1 Å². The van der Waals surface area contributed by atoms with E-state index in [0.29, 0.717) is 17.9 Å². The highest BCUT2D eigenvalue weighted by Gasteiger charge is 2.31. The van der Waals surface area contributed by atoms with E-state index in [0.717, 1.165) is 24.8 Å². The van der Waals surface area contributed by atoms with Crippen LogP contribution in [0.4, 0.5) is 0 Å². The molecule has 0 unspecified atom stereocenters. The summed E-state index contributed by atoms with van der Waals surface area (Å²) in [4.78, 5) is 16.7. The van der Waals surface area contributed by atoms with E-state index < -0.39 is 10.0 Å². The van der Waals surface area contributed by atoms with Crippen LogP contribution in [-0.2, 0) is 10.0 Å². The molecule has 8 heteroatoms. The fraction of sp³-hybridized carbons (Fsp3) is 0.429. The molecular weight excluding hydrogens is 302 g/mol. The predicted octanol–water partition coefficient (Wildman–Crippen LogP) is 1.42. The predicted molar refractivity (Wildman–Crippen MR) is 81.2 cm³/mol. The Morgan fingerprint density at radius 2 is 1.86 bits per heavy atom. The molecule has 7 nitrogen and oxygen atoms in total. The van der Waals surface area contributed by atoms with E-state index in [-0.39, 0.29) is 6.04 Å². The Morgan fingerprint density at radius 3 is 2.59 bits per heavy atom. The van der Waals surface area contributed by atoms with Gasteiger partial charge in [-0.2, -0.15) is 4.31 Å². The van der Waals surface area contributed by atoms with E-state index in [9.17, 15) is 8.42 Å². The molecule has 1 aliphatic heterocycles. The Balaban J connectivity index is 1.97. The molecule has 0 radical (unpaired) electrons. The van der Waals surface area contributed by atoms with Gasteiger partial charge < -0.3 is 0 Å². The highest BCUT2D eigenvalue weighted by molar-refractivity contribution is 7.88. The van der Waals surface area contributed by atoms with Gasteiger partial charge in [-0.3, -0.25) is 4.98 Å². The molecule has 0 spiro atoms. The summed E-state index contributed by atoms with van der Waals surface area (Å²) in [5.41, 5.74) is 2.09. The largest absolute Gasteiger partial charge is 0.260 e. The summed E-state index contributed by atoms with van der Waals surface area (Å²) < 4.78 is 25.5. The van der Waals surface area contributed by atoms with Crippen LogP contribution in [0.1, 0.15) is 31.0 Å². The van der Waals surface area contributed by atoms with Crippen molar-refractivity contribution in [3.8, 4) is 11.3 Å². The van der Waals surface area contributed by atoms with Gasteiger partial charge in [-0.25, -0.2) is 23.4 Å². The molecule has 2 aromatic rings. The number of nitrogens with zero attached hydrogens (tertiary/aromatic N) is 5. The summed E-state index contributed by atoms with van der Waals surface area (Å²) >= 11 is 0. The highest BCUT2D eigenvalue weighted by Crippen LogP contribution is 2.32. The van der Waals surface area contributed by atoms with Gasteiger partial charge in [-0.1, -0.05) is 6.42 Å². The zero-order chi connectivity index (χ0) is 15.6. The lowest BCUT2D eigenvalue weighted by molar-refractivity contribution is 0.253. The standard InChI is InChI=1S/C14H17N5O2S/c1-22(20,21)19-5-3-2-4-14(19)13-9-15-8-12(18-13)11-6-16-10-17-7-11/h6-10,14H,2-5H2,1H3/t14-/m0/s1. The lowest BCUT2D eigenvalue weighted by atomic mass is 10.0. The topological polar surface area (TPSA) is 88.9 Å². The van der Waals surface area contributed by atoms with Gasteiger partial charge in [-0.05, 0) is 12.8 Å². The van der Waals surface area contributed by atoms with E-state index in [2.05, 4.69) is 19.9 Å². The van der Waals surface area contributed by atoms with Crippen LogP contribution in [0.25, 0.3) is 11.3 Å². The Morgan fingerprint density at radius 1 is 1.09 bits per heavy atom. The summed E-state index contributed by atoms with van der Waals surface area (Å²) in [6, 6.07) is -0.249. The van der Waals surface area contributed by atoms with Crippen molar-refractivity contribution in [2.24, 2.45) is 0 Å². The van der Waals surface area contributed by atoms with Crippen LogP contribution >= 0.6 is 0 Å². The Labute approximate surface area is 129 Å². The summed E-state index contributed by atoms with van der Waals surface area (Å²) in [7, 11) is -3.26. The Hall–Kier alpha value is -1.93. The average Bonchev–Trinajstić information content (AvgIpc) is 2.55. The molecule has 0 saturated carbocycles.